The molecule has 0 saturated heterocycles. The van der Waals surface area contributed by atoms with E-state index in [2.05, 4.69) is 40.0 Å². The van der Waals surface area contributed by atoms with Crippen molar-refractivity contribution in [2.75, 3.05) is 17.6 Å². The lowest BCUT2D eigenvalue weighted by molar-refractivity contribution is -0.128. The maximum atomic E-state index is 12.4. The van der Waals surface area contributed by atoms with Gasteiger partial charge in [0.05, 0.1) is 18.1 Å². The summed E-state index contributed by atoms with van der Waals surface area (Å²) in [6.07, 6.45) is -0.112. The van der Waals surface area contributed by atoms with Crippen LogP contribution in [0.3, 0.4) is 0 Å². The molecule has 35 heavy (non-hydrogen) atoms. The number of amides is 1. The fraction of sp³-hybridized carbons (Fsp3) is 0.542. The van der Waals surface area contributed by atoms with Crippen LogP contribution in [0.2, 0.25) is 0 Å². The molecule has 2 heterocycles. The summed E-state index contributed by atoms with van der Waals surface area (Å²) in [5, 5.41) is 36.9. The molecule has 6 unspecified atom stereocenters. The standard InChI is InChI=1S/C24H31N7O3S/c1-3-10-35-24-27-21(26-16-11-14(16)13-8-6-5-7-9-13)18-22(28-24)31(30-29-18)17-12-15(19(32)20(17)33)23(34)25-4-2/h5-9,14-17,19-20,32-33H,3-4,10-12H2,1-2H3,(H,25,34)(H,26,27,28). The van der Waals surface area contributed by atoms with Crippen LogP contribution < -0.4 is 10.6 Å². The van der Waals surface area contributed by atoms with E-state index < -0.39 is 24.2 Å². The van der Waals surface area contributed by atoms with Crippen molar-refractivity contribution in [1.82, 2.24) is 30.3 Å². The highest BCUT2D eigenvalue weighted by molar-refractivity contribution is 7.99. The van der Waals surface area contributed by atoms with Crippen molar-refractivity contribution in [3.63, 3.8) is 0 Å². The summed E-state index contributed by atoms with van der Waals surface area (Å²) < 4.78 is 1.55. The van der Waals surface area contributed by atoms with Crippen molar-refractivity contribution in [3.05, 3.63) is 35.9 Å². The quantitative estimate of drug-likeness (QED) is 0.259. The molecule has 0 spiro atoms. The van der Waals surface area contributed by atoms with Gasteiger partial charge in [0.1, 0.15) is 6.10 Å². The topological polar surface area (TPSA) is 138 Å². The number of aromatic nitrogens is 5. The first-order chi connectivity index (χ1) is 17.0. The molecule has 5 rings (SSSR count). The molecule has 6 atom stereocenters. The van der Waals surface area contributed by atoms with Crippen LogP contribution >= 0.6 is 11.8 Å². The van der Waals surface area contributed by atoms with Crippen molar-refractivity contribution >= 4 is 34.7 Å². The van der Waals surface area contributed by atoms with Gasteiger partial charge in [-0.25, -0.2) is 14.6 Å². The van der Waals surface area contributed by atoms with Crippen LogP contribution in [0.1, 0.15) is 50.6 Å². The summed E-state index contributed by atoms with van der Waals surface area (Å²) in [5.41, 5.74) is 2.30. The zero-order chi connectivity index (χ0) is 24.5. The third kappa shape index (κ3) is 4.72. The van der Waals surface area contributed by atoms with Crippen LogP contribution in [0.15, 0.2) is 35.5 Å². The Balaban J connectivity index is 1.45. The lowest BCUT2D eigenvalue weighted by Crippen LogP contribution is -2.38. The van der Waals surface area contributed by atoms with Crippen molar-refractivity contribution in [2.45, 2.75) is 68.5 Å². The summed E-state index contributed by atoms with van der Waals surface area (Å²) in [6.45, 7) is 4.38. The second kappa shape index (κ2) is 10.1. The monoisotopic (exact) mass is 497 g/mol. The van der Waals surface area contributed by atoms with E-state index in [1.807, 2.05) is 25.1 Å². The molecule has 1 amide bonds. The van der Waals surface area contributed by atoms with Gasteiger partial charge in [0.25, 0.3) is 0 Å². The Morgan fingerprint density at radius 2 is 1.94 bits per heavy atom. The number of nitrogens with zero attached hydrogens (tertiary/aromatic N) is 5. The first-order valence-electron chi connectivity index (χ1n) is 12.2. The molecular weight excluding hydrogens is 466 g/mol. The molecule has 1 aromatic carbocycles. The third-order valence-corrected chi connectivity index (χ3v) is 7.79. The Labute approximate surface area is 207 Å². The molecule has 0 bridgehead atoms. The summed E-state index contributed by atoms with van der Waals surface area (Å²) in [4.78, 5) is 21.9. The van der Waals surface area contributed by atoms with Gasteiger partial charge in [-0.2, -0.15) is 0 Å². The van der Waals surface area contributed by atoms with Gasteiger partial charge >= 0.3 is 0 Å². The lowest BCUT2D eigenvalue weighted by atomic mass is 10.0. The summed E-state index contributed by atoms with van der Waals surface area (Å²) >= 11 is 1.56. The molecule has 2 aliphatic rings. The van der Waals surface area contributed by atoms with Crippen LogP contribution in [0.4, 0.5) is 5.82 Å². The van der Waals surface area contributed by atoms with Crippen molar-refractivity contribution in [2.24, 2.45) is 5.92 Å². The molecule has 0 radical (unpaired) electrons. The number of hydrogen-bond donors (Lipinski definition) is 4. The highest BCUT2D eigenvalue weighted by Gasteiger charge is 2.47. The van der Waals surface area contributed by atoms with Crippen LogP contribution in [-0.2, 0) is 4.79 Å². The van der Waals surface area contributed by atoms with Crippen LogP contribution in [0.5, 0.6) is 0 Å². The predicted octanol–water partition coefficient (Wildman–Crippen LogP) is 2.11. The molecule has 3 aromatic rings. The number of carbonyl (C=O) groups is 1. The van der Waals surface area contributed by atoms with Gasteiger partial charge in [0.15, 0.2) is 22.1 Å². The number of hydrogen-bond acceptors (Lipinski definition) is 9. The Morgan fingerprint density at radius 3 is 2.69 bits per heavy atom. The molecular formula is C24H31N7O3S. The Bertz CT molecular complexity index is 1190. The van der Waals surface area contributed by atoms with E-state index in [0.29, 0.717) is 34.6 Å². The number of thioether (sulfide) groups is 1. The first-order valence-corrected chi connectivity index (χ1v) is 13.2. The number of aliphatic hydroxyl groups is 2. The van der Waals surface area contributed by atoms with Gasteiger partial charge < -0.3 is 20.8 Å². The minimum atomic E-state index is -1.18. The van der Waals surface area contributed by atoms with E-state index in [-0.39, 0.29) is 18.4 Å². The van der Waals surface area contributed by atoms with E-state index in [1.54, 1.807) is 16.4 Å². The summed E-state index contributed by atoms with van der Waals surface area (Å²) in [7, 11) is 0. The minimum absolute atomic E-state index is 0.241. The third-order valence-electron chi connectivity index (χ3n) is 6.73. The number of anilines is 1. The SMILES string of the molecule is CCCSc1nc(NC2CC2c2ccccc2)c2nnn(C3CC(C(=O)NCC)C(O)C3O)c2n1. The Morgan fingerprint density at radius 1 is 1.14 bits per heavy atom. The average Bonchev–Trinajstić information content (AvgIpc) is 3.41. The maximum absolute atomic E-state index is 12.4. The summed E-state index contributed by atoms with van der Waals surface area (Å²) in [6, 6.07) is 10.0. The summed E-state index contributed by atoms with van der Waals surface area (Å²) in [5.74, 6) is 0.903. The number of benzene rings is 1. The fourth-order valence-electron chi connectivity index (χ4n) is 4.81. The molecule has 2 saturated carbocycles. The van der Waals surface area contributed by atoms with E-state index in [1.165, 1.54) is 5.56 Å². The highest BCUT2D eigenvalue weighted by atomic mass is 32.2. The molecule has 4 N–H and O–H groups in total. The normalized spacial score (nSPS) is 27.8. The fourth-order valence-corrected chi connectivity index (χ4v) is 5.50. The largest absolute Gasteiger partial charge is 0.390 e. The second-order valence-electron chi connectivity index (χ2n) is 9.20. The van der Waals surface area contributed by atoms with Gasteiger partial charge in [-0.05, 0) is 31.7 Å². The highest BCUT2D eigenvalue weighted by Crippen LogP contribution is 2.43. The van der Waals surface area contributed by atoms with E-state index in [0.717, 1.165) is 18.6 Å². The van der Waals surface area contributed by atoms with Gasteiger partial charge in [0.2, 0.25) is 5.91 Å². The van der Waals surface area contributed by atoms with E-state index in [9.17, 15) is 15.0 Å². The van der Waals surface area contributed by atoms with Crippen molar-refractivity contribution in [1.29, 1.82) is 0 Å². The molecule has 186 valence electrons. The molecule has 2 fully saturated rings. The smallest absolute Gasteiger partial charge is 0.225 e. The molecule has 2 aromatic heterocycles. The number of rotatable bonds is 9. The zero-order valence-electron chi connectivity index (χ0n) is 19.8. The zero-order valence-corrected chi connectivity index (χ0v) is 20.6. The predicted molar refractivity (Wildman–Crippen MR) is 133 cm³/mol. The van der Waals surface area contributed by atoms with Gasteiger partial charge in [-0.15, -0.1) is 5.10 Å². The van der Waals surface area contributed by atoms with Gasteiger partial charge in [-0.1, -0.05) is 54.2 Å². The molecule has 11 heteroatoms. The molecule has 0 aliphatic heterocycles. The Kier molecular flexibility index (Phi) is 6.90. The minimum Gasteiger partial charge on any atom is -0.390 e. The Hall–Kier alpha value is -2.76. The van der Waals surface area contributed by atoms with Gasteiger partial charge in [-0.3, -0.25) is 4.79 Å². The first kappa shape index (κ1) is 24.0. The van der Waals surface area contributed by atoms with Crippen molar-refractivity contribution in [3.8, 4) is 0 Å². The molecule has 2 aliphatic carbocycles. The van der Waals surface area contributed by atoms with E-state index >= 15 is 0 Å². The van der Waals surface area contributed by atoms with Crippen LogP contribution in [0.25, 0.3) is 11.2 Å². The average molecular weight is 498 g/mol. The molecule has 10 nitrogen and oxygen atoms in total. The second-order valence-corrected chi connectivity index (χ2v) is 10.3. The number of carbonyl (C=O) groups excluding carboxylic acids is 1. The van der Waals surface area contributed by atoms with Crippen LogP contribution in [0, 0.1) is 5.92 Å². The maximum Gasteiger partial charge on any atom is 0.225 e. The number of aliphatic hydroxyl groups excluding tert-OH is 2. The number of fused-ring (bicyclic) bond motifs is 1. The van der Waals surface area contributed by atoms with Crippen LogP contribution in [-0.4, -0.2) is 71.6 Å². The lowest BCUT2D eigenvalue weighted by Gasteiger charge is -2.17. The van der Waals surface area contributed by atoms with Gasteiger partial charge in [0, 0.05) is 24.3 Å². The number of nitrogens with one attached hydrogen (secondary N) is 2. The van der Waals surface area contributed by atoms with Crippen molar-refractivity contribution < 1.29 is 15.0 Å². The van der Waals surface area contributed by atoms with E-state index in [4.69, 9.17) is 9.97 Å².